The van der Waals surface area contributed by atoms with Crippen LogP contribution in [-0.2, 0) is 35.1 Å². The van der Waals surface area contributed by atoms with Crippen LogP contribution >= 0.6 is 0 Å². The minimum absolute atomic E-state index is 0.00862. The standard InChI is InChI=1S/C36H46N4O7/c1-20-16-21(2)24(5)47-36(45)32(46-7)31(25-12-14-27(41)15-13-25)39-34(43)30(18-26-19-37-29-11-9-8-10-28(26)29)40(6)35(44)23(4)38-33(42)22(3)17-20/h8-16,19,21-24,30-32,37,41H,17-18H2,1-7H3,(H,38,42)(H,39,43)/b20-16+. The molecule has 3 amide bonds. The molecule has 0 radical (unpaired) electrons. The number of fused-ring (bicyclic) bond motifs is 1. The van der Waals surface area contributed by atoms with Crippen LogP contribution in [0.4, 0.5) is 0 Å². The minimum Gasteiger partial charge on any atom is -0.508 e. The van der Waals surface area contributed by atoms with Gasteiger partial charge in [-0.05, 0) is 56.5 Å². The number of esters is 1. The predicted octanol–water partition coefficient (Wildman–Crippen LogP) is 4.17. The molecule has 252 valence electrons. The zero-order valence-corrected chi connectivity index (χ0v) is 28.1. The topological polar surface area (TPSA) is 150 Å². The van der Waals surface area contributed by atoms with Crippen LogP contribution in [0, 0.1) is 11.8 Å². The molecule has 1 aliphatic rings. The molecule has 47 heavy (non-hydrogen) atoms. The average Bonchev–Trinajstić information content (AvgIpc) is 3.45. The first kappa shape index (κ1) is 35.2. The molecular weight excluding hydrogens is 600 g/mol. The van der Waals surface area contributed by atoms with Gasteiger partial charge in [0.1, 0.15) is 23.9 Å². The van der Waals surface area contributed by atoms with Gasteiger partial charge in [-0.25, -0.2) is 4.79 Å². The highest BCUT2D eigenvalue weighted by Gasteiger charge is 2.38. The van der Waals surface area contributed by atoms with Gasteiger partial charge in [0.15, 0.2) is 6.10 Å². The lowest BCUT2D eigenvalue weighted by Crippen LogP contribution is -2.56. The fourth-order valence-corrected chi connectivity index (χ4v) is 6.01. The molecule has 3 aromatic rings. The number of carbonyl (C=O) groups excluding carboxylic acids is 4. The van der Waals surface area contributed by atoms with Crippen LogP contribution < -0.4 is 10.6 Å². The van der Waals surface area contributed by atoms with Crippen LogP contribution in [0.5, 0.6) is 5.75 Å². The fraction of sp³-hybridized carbons (Fsp3) is 0.444. The van der Waals surface area contributed by atoms with E-state index in [0.717, 1.165) is 22.0 Å². The van der Waals surface area contributed by atoms with E-state index in [9.17, 15) is 24.3 Å². The molecule has 2 heterocycles. The van der Waals surface area contributed by atoms with Crippen LogP contribution in [-0.4, -0.2) is 77.1 Å². The number of hydrogen-bond donors (Lipinski definition) is 4. The van der Waals surface area contributed by atoms with E-state index in [2.05, 4.69) is 15.6 Å². The normalized spacial score (nSPS) is 28.4. The second kappa shape index (κ2) is 15.3. The summed E-state index contributed by atoms with van der Waals surface area (Å²) in [5.41, 5.74) is 3.11. The molecule has 11 heteroatoms. The van der Waals surface area contributed by atoms with Gasteiger partial charge >= 0.3 is 5.97 Å². The molecule has 1 aliphatic heterocycles. The third kappa shape index (κ3) is 8.40. The first-order valence-electron chi connectivity index (χ1n) is 15.9. The summed E-state index contributed by atoms with van der Waals surface area (Å²) in [7, 11) is 2.89. The molecule has 11 nitrogen and oxygen atoms in total. The first-order chi connectivity index (χ1) is 22.3. The Morgan fingerprint density at radius 1 is 0.957 bits per heavy atom. The van der Waals surface area contributed by atoms with Crippen molar-refractivity contribution in [3.8, 4) is 5.75 Å². The number of likely N-dealkylation sites (N-methyl/N-ethyl adjacent to an activating group) is 1. The lowest BCUT2D eigenvalue weighted by atomic mass is 9.95. The van der Waals surface area contributed by atoms with Gasteiger partial charge in [-0.1, -0.05) is 55.8 Å². The number of aromatic hydroxyl groups is 1. The fourth-order valence-electron chi connectivity index (χ4n) is 6.01. The van der Waals surface area contributed by atoms with Crippen molar-refractivity contribution in [1.82, 2.24) is 20.5 Å². The Labute approximate surface area is 275 Å². The highest BCUT2D eigenvalue weighted by atomic mass is 16.6. The van der Waals surface area contributed by atoms with E-state index in [1.165, 1.54) is 31.2 Å². The summed E-state index contributed by atoms with van der Waals surface area (Å²) >= 11 is 0. The Hall–Kier alpha value is -4.64. The summed E-state index contributed by atoms with van der Waals surface area (Å²) in [5, 5.41) is 16.7. The molecule has 7 atom stereocenters. The van der Waals surface area contributed by atoms with Crippen LogP contribution in [0.1, 0.15) is 58.2 Å². The van der Waals surface area contributed by atoms with Crippen LogP contribution in [0.15, 0.2) is 66.4 Å². The first-order valence-corrected chi connectivity index (χ1v) is 15.9. The zero-order chi connectivity index (χ0) is 34.4. The molecule has 0 bridgehead atoms. The molecule has 0 saturated heterocycles. The van der Waals surface area contributed by atoms with Crippen molar-refractivity contribution < 1.29 is 33.8 Å². The molecule has 2 aromatic carbocycles. The number of aromatic nitrogens is 1. The summed E-state index contributed by atoms with van der Waals surface area (Å²) in [6.07, 6.45) is 2.55. The lowest BCUT2D eigenvalue weighted by Gasteiger charge is -2.33. The highest BCUT2D eigenvalue weighted by Crippen LogP contribution is 2.27. The lowest BCUT2D eigenvalue weighted by molar-refractivity contribution is -0.164. The number of hydrogen-bond acceptors (Lipinski definition) is 7. The van der Waals surface area contributed by atoms with E-state index < -0.39 is 54.0 Å². The Bertz CT molecular complexity index is 1610. The molecule has 0 saturated carbocycles. The van der Waals surface area contributed by atoms with Gasteiger partial charge in [-0.3, -0.25) is 14.4 Å². The molecule has 0 fully saturated rings. The number of benzene rings is 2. The van der Waals surface area contributed by atoms with Gasteiger partial charge < -0.3 is 35.1 Å². The number of allylic oxidation sites excluding steroid dienone is 1. The molecule has 4 N–H and O–H groups in total. The second-order valence-electron chi connectivity index (χ2n) is 12.6. The summed E-state index contributed by atoms with van der Waals surface area (Å²) < 4.78 is 11.6. The van der Waals surface area contributed by atoms with Crippen molar-refractivity contribution in [1.29, 1.82) is 0 Å². The van der Waals surface area contributed by atoms with Crippen molar-refractivity contribution in [2.75, 3.05) is 14.2 Å². The summed E-state index contributed by atoms with van der Waals surface area (Å²) in [5.74, 6) is -2.58. The molecule has 7 unspecified atom stereocenters. The second-order valence-corrected chi connectivity index (χ2v) is 12.6. The number of ether oxygens (including phenoxy) is 2. The molecule has 4 rings (SSSR count). The zero-order valence-electron chi connectivity index (χ0n) is 28.1. The molecular formula is C36H46N4O7. The van der Waals surface area contributed by atoms with Gasteiger partial charge in [-0.2, -0.15) is 0 Å². The third-order valence-corrected chi connectivity index (χ3v) is 8.94. The van der Waals surface area contributed by atoms with Crippen molar-refractivity contribution in [2.24, 2.45) is 11.8 Å². The number of phenols is 1. The van der Waals surface area contributed by atoms with E-state index in [-0.39, 0.29) is 24.0 Å². The molecule has 1 aromatic heterocycles. The maximum atomic E-state index is 14.4. The van der Waals surface area contributed by atoms with E-state index in [1.807, 2.05) is 44.2 Å². The predicted molar refractivity (Wildman–Crippen MR) is 178 cm³/mol. The number of carbonyl (C=O) groups is 4. The van der Waals surface area contributed by atoms with Gasteiger partial charge in [0.2, 0.25) is 17.7 Å². The maximum Gasteiger partial charge on any atom is 0.338 e. The van der Waals surface area contributed by atoms with Gasteiger partial charge in [0, 0.05) is 49.5 Å². The van der Waals surface area contributed by atoms with E-state index in [4.69, 9.17) is 9.47 Å². The van der Waals surface area contributed by atoms with E-state index in [0.29, 0.717) is 12.0 Å². The number of nitrogens with one attached hydrogen (secondary N) is 3. The number of phenolic OH excluding ortho intramolecular Hbond substituents is 1. The minimum atomic E-state index is -1.25. The number of amides is 3. The van der Waals surface area contributed by atoms with E-state index in [1.54, 1.807) is 39.1 Å². The molecule has 0 aliphatic carbocycles. The monoisotopic (exact) mass is 646 g/mol. The summed E-state index contributed by atoms with van der Waals surface area (Å²) in [6.45, 7) is 9.00. The Kier molecular flexibility index (Phi) is 11.5. The maximum absolute atomic E-state index is 14.4. The summed E-state index contributed by atoms with van der Waals surface area (Å²) in [4.78, 5) is 59.6. The van der Waals surface area contributed by atoms with Crippen molar-refractivity contribution in [2.45, 2.75) is 77.8 Å². The average molecular weight is 647 g/mol. The number of H-pyrrole nitrogens is 1. The van der Waals surface area contributed by atoms with Crippen molar-refractivity contribution in [3.63, 3.8) is 0 Å². The number of methoxy groups -OCH3 is 1. The number of para-hydroxylation sites is 1. The molecule has 0 spiro atoms. The highest BCUT2D eigenvalue weighted by molar-refractivity contribution is 5.93. The van der Waals surface area contributed by atoms with Crippen LogP contribution in [0.25, 0.3) is 10.9 Å². The van der Waals surface area contributed by atoms with Gasteiger partial charge in [-0.15, -0.1) is 0 Å². The Morgan fingerprint density at radius 3 is 2.32 bits per heavy atom. The third-order valence-electron chi connectivity index (χ3n) is 8.94. The Balaban J connectivity index is 1.80. The number of rotatable bonds is 4. The van der Waals surface area contributed by atoms with Crippen LogP contribution in [0.3, 0.4) is 0 Å². The largest absolute Gasteiger partial charge is 0.508 e. The van der Waals surface area contributed by atoms with Crippen molar-refractivity contribution in [3.05, 3.63) is 77.5 Å². The van der Waals surface area contributed by atoms with Gasteiger partial charge in [0.05, 0.1) is 6.04 Å². The summed E-state index contributed by atoms with van der Waals surface area (Å²) in [6, 6.07) is 10.7. The van der Waals surface area contributed by atoms with Crippen molar-refractivity contribution >= 4 is 34.6 Å². The Morgan fingerprint density at radius 2 is 1.64 bits per heavy atom. The van der Waals surface area contributed by atoms with E-state index >= 15 is 0 Å². The number of nitrogens with zero attached hydrogens (tertiary/aromatic N) is 1. The quantitative estimate of drug-likeness (QED) is 0.246. The van der Waals surface area contributed by atoms with Gasteiger partial charge in [0.25, 0.3) is 0 Å². The van der Waals surface area contributed by atoms with Crippen LogP contribution in [0.2, 0.25) is 0 Å². The SMILES string of the molecule is COC1C(=O)OC(C)C(C)/C=C(\C)CC(C)C(=O)NC(C)C(=O)N(C)C(Cc2c[nH]c3ccccc23)C(=O)NC1c1ccc(O)cc1. The number of cyclic esters (lactones) is 1. The smallest absolute Gasteiger partial charge is 0.338 e. The number of aromatic amines is 1.